The van der Waals surface area contributed by atoms with Crippen molar-refractivity contribution in [1.29, 1.82) is 0 Å². The lowest BCUT2D eigenvalue weighted by molar-refractivity contribution is -0.137. The molecule has 1 aliphatic heterocycles. The first kappa shape index (κ1) is 29.1. The maximum atomic E-state index is 13.1. The van der Waals surface area contributed by atoms with Crippen LogP contribution in [0.1, 0.15) is 34.3 Å². The number of amides is 1. The molecule has 4 aromatic carbocycles. The first-order valence-corrected chi connectivity index (χ1v) is 14.3. The monoisotopic (exact) mass is 597 g/mol. The molecule has 44 heavy (non-hydrogen) atoms. The summed E-state index contributed by atoms with van der Waals surface area (Å²) in [7, 11) is 0. The van der Waals surface area contributed by atoms with Crippen LogP contribution in [0.4, 0.5) is 36.2 Å². The molecule has 1 aliphatic rings. The molecule has 0 saturated carbocycles. The minimum atomic E-state index is -4.53. The van der Waals surface area contributed by atoms with Crippen molar-refractivity contribution in [2.45, 2.75) is 32.0 Å². The van der Waals surface area contributed by atoms with E-state index >= 15 is 0 Å². The van der Waals surface area contributed by atoms with Gasteiger partial charge in [-0.05, 0) is 97.1 Å². The molecule has 224 valence electrons. The summed E-state index contributed by atoms with van der Waals surface area (Å²) in [6, 6.07) is 23.6. The van der Waals surface area contributed by atoms with Crippen molar-refractivity contribution in [2.75, 3.05) is 28.6 Å². The lowest BCUT2D eigenvalue weighted by Gasteiger charge is -2.31. The molecule has 2 heterocycles. The number of halogens is 3. The van der Waals surface area contributed by atoms with Gasteiger partial charge in [0.15, 0.2) is 0 Å². The number of piperidine rings is 1. The maximum Gasteiger partial charge on any atom is 0.416 e. The Hall–Kier alpha value is -4.96. The zero-order valence-corrected chi connectivity index (χ0v) is 23.9. The number of carbonyl (C=O) groups excluding carboxylic acids is 1. The standard InChI is InChI=1S/C34H30F3N5O2/c1-21-8-10-27(39-32(44)23-4-2-5-25(17-23)34(35,36)37)19-30(21)22-9-11-31-24(16-22)20-38-33(41-31)40-26-6-3-7-28(18-26)42-14-12-29(43)13-15-42/h2-11,16-20,29,43H,12-15H2,1H3,(H,39,44)(H,38,40,41). The highest BCUT2D eigenvalue weighted by Gasteiger charge is 2.31. The van der Waals surface area contributed by atoms with Crippen LogP contribution in [-0.4, -0.2) is 40.2 Å². The first-order valence-electron chi connectivity index (χ1n) is 14.3. The number of fused-ring (bicyclic) bond motifs is 1. The van der Waals surface area contributed by atoms with Crippen LogP contribution in [0.15, 0.2) is 91.1 Å². The lowest BCUT2D eigenvalue weighted by atomic mass is 9.98. The fourth-order valence-corrected chi connectivity index (χ4v) is 5.35. The van der Waals surface area contributed by atoms with Crippen LogP contribution in [0.2, 0.25) is 0 Å². The fourth-order valence-electron chi connectivity index (χ4n) is 5.35. The minimum absolute atomic E-state index is 0.0766. The van der Waals surface area contributed by atoms with Crippen molar-refractivity contribution < 1.29 is 23.1 Å². The Morgan fingerprint density at radius 2 is 1.73 bits per heavy atom. The Kier molecular flexibility index (Phi) is 7.92. The van der Waals surface area contributed by atoms with E-state index in [1.54, 1.807) is 18.3 Å². The highest BCUT2D eigenvalue weighted by atomic mass is 19.4. The summed E-state index contributed by atoms with van der Waals surface area (Å²) in [5.74, 6) is -0.162. The number of carbonyl (C=O) groups is 1. The molecule has 0 radical (unpaired) electrons. The molecule has 3 N–H and O–H groups in total. The second-order valence-electron chi connectivity index (χ2n) is 10.9. The molecule has 1 fully saturated rings. The molecule has 0 aliphatic carbocycles. The minimum Gasteiger partial charge on any atom is -0.393 e. The van der Waals surface area contributed by atoms with Gasteiger partial charge in [0.25, 0.3) is 5.91 Å². The lowest BCUT2D eigenvalue weighted by Crippen LogP contribution is -2.35. The summed E-state index contributed by atoms with van der Waals surface area (Å²) in [6.07, 6.45) is -1.50. The van der Waals surface area contributed by atoms with Gasteiger partial charge >= 0.3 is 6.18 Å². The van der Waals surface area contributed by atoms with Gasteiger partial charge in [-0.3, -0.25) is 4.79 Å². The number of hydrogen-bond donors (Lipinski definition) is 3. The summed E-state index contributed by atoms with van der Waals surface area (Å²) < 4.78 is 39.3. The zero-order chi connectivity index (χ0) is 30.8. The summed E-state index contributed by atoms with van der Waals surface area (Å²) in [5, 5.41) is 16.6. The molecule has 1 aromatic heterocycles. The molecule has 0 unspecified atom stereocenters. The zero-order valence-electron chi connectivity index (χ0n) is 23.9. The molecule has 10 heteroatoms. The molecule has 7 nitrogen and oxygen atoms in total. The summed E-state index contributed by atoms with van der Waals surface area (Å²) in [5.41, 5.74) is 4.91. The van der Waals surface area contributed by atoms with Crippen molar-refractivity contribution in [2.24, 2.45) is 0 Å². The first-order chi connectivity index (χ1) is 21.1. The third-order valence-electron chi connectivity index (χ3n) is 7.77. The van der Waals surface area contributed by atoms with E-state index < -0.39 is 17.6 Å². The van der Waals surface area contributed by atoms with E-state index in [0.29, 0.717) is 11.6 Å². The number of aliphatic hydroxyl groups excluding tert-OH is 1. The Balaban J connectivity index is 1.19. The number of alkyl halides is 3. The van der Waals surface area contributed by atoms with Gasteiger partial charge in [0, 0.05) is 47.3 Å². The smallest absolute Gasteiger partial charge is 0.393 e. The summed E-state index contributed by atoms with van der Waals surface area (Å²) in [4.78, 5) is 24.2. The average molecular weight is 598 g/mol. The second kappa shape index (κ2) is 12.0. The molecule has 0 atom stereocenters. The Labute approximate surface area is 252 Å². The van der Waals surface area contributed by atoms with Gasteiger partial charge in [-0.1, -0.05) is 24.3 Å². The van der Waals surface area contributed by atoms with Gasteiger partial charge in [-0.15, -0.1) is 0 Å². The third-order valence-corrected chi connectivity index (χ3v) is 7.77. The Bertz CT molecular complexity index is 1830. The van der Waals surface area contributed by atoms with E-state index in [1.165, 1.54) is 12.1 Å². The highest BCUT2D eigenvalue weighted by Crippen LogP contribution is 2.32. The number of nitrogens with one attached hydrogen (secondary N) is 2. The quantitative estimate of drug-likeness (QED) is 0.187. The Morgan fingerprint density at radius 3 is 2.52 bits per heavy atom. The van der Waals surface area contributed by atoms with Crippen molar-refractivity contribution in [3.05, 3.63) is 108 Å². The highest BCUT2D eigenvalue weighted by molar-refractivity contribution is 6.04. The van der Waals surface area contributed by atoms with Crippen molar-refractivity contribution >= 4 is 39.8 Å². The van der Waals surface area contributed by atoms with Crippen molar-refractivity contribution in [1.82, 2.24) is 9.97 Å². The number of benzene rings is 4. The number of aliphatic hydroxyl groups is 1. The van der Waals surface area contributed by atoms with Crippen LogP contribution in [0.25, 0.3) is 22.0 Å². The average Bonchev–Trinajstić information content (AvgIpc) is 3.02. The van der Waals surface area contributed by atoms with Gasteiger partial charge in [0.2, 0.25) is 5.95 Å². The molecule has 0 bridgehead atoms. The molecule has 5 aromatic rings. The van der Waals surface area contributed by atoms with Crippen LogP contribution >= 0.6 is 0 Å². The van der Waals surface area contributed by atoms with E-state index in [2.05, 4.69) is 37.6 Å². The van der Waals surface area contributed by atoms with Crippen molar-refractivity contribution in [3.63, 3.8) is 0 Å². The molecular weight excluding hydrogens is 567 g/mol. The second-order valence-corrected chi connectivity index (χ2v) is 10.9. The van der Waals surface area contributed by atoms with E-state index in [9.17, 15) is 23.1 Å². The van der Waals surface area contributed by atoms with E-state index in [4.69, 9.17) is 0 Å². The number of rotatable bonds is 6. The number of aromatic nitrogens is 2. The van der Waals surface area contributed by atoms with Gasteiger partial charge in [-0.25, -0.2) is 9.97 Å². The van der Waals surface area contributed by atoms with E-state index in [-0.39, 0.29) is 11.7 Å². The Morgan fingerprint density at radius 1 is 0.932 bits per heavy atom. The molecule has 1 saturated heterocycles. The van der Waals surface area contributed by atoms with Crippen LogP contribution < -0.4 is 15.5 Å². The maximum absolute atomic E-state index is 13.1. The topological polar surface area (TPSA) is 90.4 Å². The van der Waals surface area contributed by atoms with Gasteiger partial charge in [0.05, 0.1) is 17.2 Å². The van der Waals surface area contributed by atoms with E-state index in [1.807, 2.05) is 43.3 Å². The normalized spacial score (nSPS) is 14.1. The molecule has 1 amide bonds. The van der Waals surface area contributed by atoms with Gasteiger partial charge < -0.3 is 20.6 Å². The predicted molar refractivity (Wildman–Crippen MR) is 166 cm³/mol. The van der Waals surface area contributed by atoms with Crippen molar-refractivity contribution in [3.8, 4) is 11.1 Å². The van der Waals surface area contributed by atoms with Crippen LogP contribution in [0.5, 0.6) is 0 Å². The number of aryl methyl sites for hydroxylation is 1. The van der Waals surface area contributed by atoms with E-state index in [0.717, 1.165) is 77.0 Å². The SMILES string of the molecule is Cc1ccc(NC(=O)c2cccc(C(F)(F)F)c2)cc1-c1ccc2nc(Nc3cccc(N4CCC(O)CC4)c3)ncc2c1. The summed E-state index contributed by atoms with van der Waals surface area (Å²) in [6.45, 7) is 3.57. The number of hydrogen-bond acceptors (Lipinski definition) is 6. The fraction of sp³-hybridized carbons (Fsp3) is 0.206. The molecule has 6 rings (SSSR count). The molecular formula is C34H30F3N5O2. The third kappa shape index (κ3) is 6.50. The summed E-state index contributed by atoms with van der Waals surface area (Å²) >= 11 is 0. The number of anilines is 4. The van der Waals surface area contributed by atoms with Crippen LogP contribution in [0, 0.1) is 6.92 Å². The predicted octanol–water partition coefficient (Wildman–Crippen LogP) is 7.58. The van der Waals surface area contributed by atoms with Gasteiger partial charge in [0.1, 0.15) is 0 Å². The van der Waals surface area contributed by atoms with Gasteiger partial charge in [-0.2, -0.15) is 13.2 Å². The van der Waals surface area contributed by atoms with Crippen LogP contribution in [0.3, 0.4) is 0 Å². The van der Waals surface area contributed by atoms with Crippen LogP contribution in [-0.2, 0) is 6.18 Å². The number of nitrogens with zero attached hydrogens (tertiary/aromatic N) is 3. The largest absolute Gasteiger partial charge is 0.416 e. The molecule has 0 spiro atoms.